The van der Waals surface area contributed by atoms with Crippen LogP contribution in [0.4, 0.5) is 5.69 Å². The molecule has 134 valence electrons. The van der Waals surface area contributed by atoms with Gasteiger partial charge in [0.25, 0.3) is 0 Å². The highest BCUT2D eigenvalue weighted by Crippen LogP contribution is 2.21. The zero-order valence-electron chi connectivity index (χ0n) is 13.8. The van der Waals surface area contributed by atoms with E-state index in [4.69, 9.17) is 0 Å². The summed E-state index contributed by atoms with van der Waals surface area (Å²) in [7, 11) is -4.53. The van der Waals surface area contributed by atoms with Crippen molar-refractivity contribution in [1.29, 1.82) is 0 Å². The number of anilines is 1. The fourth-order valence-corrected chi connectivity index (χ4v) is 3.53. The molecule has 0 bridgehead atoms. The van der Waals surface area contributed by atoms with Crippen molar-refractivity contribution in [3.63, 3.8) is 0 Å². The minimum atomic E-state index is -3.72. The van der Waals surface area contributed by atoms with Gasteiger partial charge in [-0.3, -0.25) is 9.10 Å². The maximum Gasteiger partial charge on any atom is 0.242 e. The van der Waals surface area contributed by atoms with Crippen LogP contribution < -0.4 is 9.62 Å². The van der Waals surface area contributed by atoms with E-state index in [1.54, 1.807) is 0 Å². The molecule has 0 aliphatic carbocycles. The van der Waals surface area contributed by atoms with Gasteiger partial charge in [0.15, 0.2) is 0 Å². The van der Waals surface area contributed by atoms with E-state index in [1.807, 2.05) is 0 Å². The third-order valence-corrected chi connectivity index (χ3v) is 6.00. The highest BCUT2D eigenvalue weighted by molar-refractivity contribution is 7.92. The maximum atomic E-state index is 12.0. The van der Waals surface area contributed by atoms with Crippen LogP contribution in [-0.4, -0.2) is 60.5 Å². The highest BCUT2D eigenvalue weighted by Gasteiger charge is 2.22. The van der Waals surface area contributed by atoms with E-state index in [0.717, 1.165) is 14.9 Å². The summed E-state index contributed by atoms with van der Waals surface area (Å²) < 4.78 is 49.9. The molecule has 0 unspecified atom stereocenters. The van der Waals surface area contributed by atoms with Gasteiger partial charge in [-0.25, -0.2) is 21.1 Å². The van der Waals surface area contributed by atoms with Gasteiger partial charge >= 0.3 is 0 Å². The Labute approximate surface area is 142 Å². The van der Waals surface area contributed by atoms with E-state index < -0.39 is 32.5 Å². The molecule has 0 spiro atoms. The second-order valence-electron chi connectivity index (χ2n) is 5.14. The summed E-state index contributed by atoms with van der Waals surface area (Å²) in [4.78, 5) is 11.8. The summed E-state index contributed by atoms with van der Waals surface area (Å²) in [5, 5.41) is 2.49. The van der Waals surface area contributed by atoms with Crippen LogP contribution >= 0.6 is 0 Å². The fraction of sp³-hybridized carbons (Fsp3) is 0.357. The molecule has 0 atom stereocenters. The number of carbonyl (C=O) groups is 1. The fourth-order valence-electron chi connectivity index (χ4n) is 1.77. The number of hydrogen-bond donors (Lipinski definition) is 1. The summed E-state index contributed by atoms with van der Waals surface area (Å²) in [6.45, 7) is 3.27. The predicted molar refractivity (Wildman–Crippen MR) is 92.7 cm³/mol. The number of nitrogens with zero attached hydrogens (tertiary/aromatic N) is 2. The molecular weight excluding hydrogens is 354 g/mol. The summed E-state index contributed by atoms with van der Waals surface area (Å²) in [6.07, 6.45) is 2.45. The van der Waals surface area contributed by atoms with E-state index in [-0.39, 0.29) is 17.1 Å². The number of rotatable bonds is 8. The maximum absolute atomic E-state index is 12.0. The lowest BCUT2D eigenvalue weighted by atomic mass is 10.3. The SMILES string of the molecule is C=CCNC(=O)CN(c1ccc(S(=O)(=O)N(C)C)cc1)S(C)(=O)=O. The topological polar surface area (TPSA) is 104 Å². The van der Waals surface area contributed by atoms with Gasteiger partial charge in [-0.05, 0) is 24.3 Å². The predicted octanol–water partition coefficient (Wildman–Crippen LogP) is 0.00510. The molecule has 1 aromatic carbocycles. The molecule has 0 aliphatic heterocycles. The average Bonchev–Trinajstić information content (AvgIpc) is 2.49. The van der Waals surface area contributed by atoms with Crippen LogP contribution in [0, 0.1) is 0 Å². The molecule has 0 radical (unpaired) electrons. The number of amides is 1. The first kappa shape index (κ1) is 20.1. The quantitative estimate of drug-likeness (QED) is 0.645. The second-order valence-corrected chi connectivity index (χ2v) is 9.20. The van der Waals surface area contributed by atoms with Crippen LogP contribution in [0.25, 0.3) is 0 Å². The van der Waals surface area contributed by atoms with Crippen LogP contribution in [0.2, 0.25) is 0 Å². The van der Waals surface area contributed by atoms with Gasteiger partial charge in [-0.2, -0.15) is 0 Å². The Morgan fingerprint density at radius 3 is 2.12 bits per heavy atom. The van der Waals surface area contributed by atoms with Gasteiger partial charge < -0.3 is 5.32 Å². The van der Waals surface area contributed by atoms with Gasteiger partial charge in [0.2, 0.25) is 26.0 Å². The monoisotopic (exact) mass is 375 g/mol. The van der Waals surface area contributed by atoms with Crippen LogP contribution in [-0.2, 0) is 24.8 Å². The molecule has 1 N–H and O–H groups in total. The van der Waals surface area contributed by atoms with Crippen molar-refractivity contribution < 1.29 is 21.6 Å². The summed E-state index contributed by atoms with van der Waals surface area (Å²) in [5.74, 6) is -0.495. The molecule has 10 heteroatoms. The Balaban J connectivity index is 3.13. The molecule has 8 nitrogen and oxygen atoms in total. The van der Waals surface area contributed by atoms with E-state index in [9.17, 15) is 21.6 Å². The lowest BCUT2D eigenvalue weighted by Crippen LogP contribution is -2.40. The Bertz CT molecular complexity index is 799. The van der Waals surface area contributed by atoms with Gasteiger partial charge in [-0.15, -0.1) is 6.58 Å². The number of sulfonamides is 2. The Morgan fingerprint density at radius 1 is 1.17 bits per heavy atom. The first-order chi connectivity index (χ1) is 11.0. The van der Waals surface area contributed by atoms with Crippen molar-refractivity contribution in [2.24, 2.45) is 0 Å². The third kappa shape index (κ3) is 5.05. The highest BCUT2D eigenvalue weighted by atomic mass is 32.2. The van der Waals surface area contributed by atoms with E-state index >= 15 is 0 Å². The normalized spacial score (nSPS) is 12.0. The molecule has 1 aromatic rings. The molecule has 0 saturated carbocycles. The number of benzene rings is 1. The van der Waals surface area contributed by atoms with Crippen molar-refractivity contribution in [1.82, 2.24) is 9.62 Å². The zero-order chi connectivity index (χ0) is 18.5. The van der Waals surface area contributed by atoms with E-state index in [0.29, 0.717) is 0 Å². The van der Waals surface area contributed by atoms with Crippen molar-refractivity contribution >= 4 is 31.6 Å². The minimum Gasteiger partial charge on any atom is -0.351 e. The Hall–Kier alpha value is -1.91. The van der Waals surface area contributed by atoms with Crippen LogP contribution in [0.3, 0.4) is 0 Å². The molecule has 1 rings (SSSR count). The van der Waals surface area contributed by atoms with Crippen molar-refractivity contribution in [3.05, 3.63) is 36.9 Å². The molecule has 0 aliphatic rings. The van der Waals surface area contributed by atoms with Gasteiger partial charge in [0.05, 0.1) is 16.8 Å². The number of hydrogen-bond acceptors (Lipinski definition) is 5. The van der Waals surface area contributed by atoms with E-state index in [2.05, 4.69) is 11.9 Å². The Kier molecular flexibility index (Phi) is 6.52. The first-order valence-corrected chi connectivity index (χ1v) is 10.2. The lowest BCUT2D eigenvalue weighted by Gasteiger charge is -2.22. The third-order valence-electron chi connectivity index (χ3n) is 3.03. The number of carbonyl (C=O) groups excluding carboxylic acids is 1. The van der Waals surface area contributed by atoms with E-state index in [1.165, 1.54) is 44.4 Å². The largest absolute Gasteiger partial charge is 0.351 e. The van der Waals surface area contributed by atoms with Crippen LogP contribution in [0.1, 0.15) is 0 Å². The smallest absolute Gasteiger partial charge is 0.242 e. The van der Waals surface area contributed by atoms with Gasteiger partial charge in [0.1, 0.15) is 6.54 Å². The molecule has 0 heterocycles. The molecule has 1 amide bonds. The summed E-state index contributed by atoms with van der Waals surface area (Å²) >= 11 is 0. The van der Waals surface area contributed by atoms with Crippen LogP contribution in [0.15, 0.2) is 41.8 Å². The molecule has 0 saturated heterocycles. The minimum absolute atomic E-state index is 0.0285. The van der Waals surface area contributed by atoms with Crippen molar-refractivity contribution in [2.45, 2.75) is 4.90 Å². The molecule has 24 heavy (non-hydrogen) atoms. The molecule has 0 fully saturated rings. The second kappa shape index (κ2) is 7.77. The van der Waals surface area contributed by atoms with Gasteiger partial charge in [0, 0.05) is 20.6 Å². The molecular formula is C14H21N3O5S2. The molecule has 0 aromatic heterocycles. The number of nitrogens with one attached hydrogen (secondary N) is 1. The Morgan fingerprint density at radius 2 is 1.71 bits per heavy atom. The standard InChI is InChI=1S/C14H21N3O5S2/c1-5-10-15-14(18)11-17(23(4,19)20)12-6-8-13(9-7-12)24(21,22)16(2)3/h5-9H,1,10-11H2,2-4H3,(H,15,18). The van der Waals surface area contributed by atoms with Crippen LogP contribution in [0.5, 0.6) is 0 Å². The van der Waals surface area contributed by atoms with Gasteiger partial charge in [-0.1, -0.05) is 6.08 Å². The summed E-state index contributed by atoms with van der Waals surface area (Å²) in [6, 6.07) is 5.28. The first-order valence-electron chi connectivity index (χ1n) is 6.88. The van der Waals surface area contributed by atoms with Crippen molar-refractivity contribution in [2.75, 3.05) is 37.7 Å². The zero-order valence-corrected chi connectivity index (χ0v) is 15.4. The summed E-state index contributed by atoms with van der Waals surface area (Å²) in [5.41, 5.74) is 0.198. The lowest BCUT2D eigenvalue weighted by molar-refractivity contribution is -0.119. The van der Waals surface area contributed by atoms with Crippen molar-refractivity contribution in [3.8, 4) is 0 Å². The average molecular weight is 375 g/mol.